The van der Waals surface area contributed by atoms with Gasteiger partial charge in [-0.05, 0) is 34.9 Å². The van der Waals surface area contributed by atoms with Crippen molar-refractivity contribution in [2.75, 3.05) is 0 Å². The number of hydrazone groups is 1. The standard InChI is InChI=1S/C23H25N3O/c1-23(2,3)17-10-8-15(9-11-17)19-12-20(19)22(27)26-25-14-16-13-24-21-7-5-4-6-18(16)21/h4-11,13-14,19-20,24H,12H2,1-3H3,(H,26,27)/b25-14+/t19-,20+/m0/s1. The van der Waals surface area contributed by atoms with Gasteiger partial charge in [0.2, 0.25) is 5.91 Å². The molecule has 0 radical (unpaired) electrons. The summed E-state index contributed by atoms with van der Waals surface area (Å²) in [4.78, 5) is 15.6. The number of hydrogen-bond acceptors (Lipinski definition) is 2. The van der Waals surface area contributed by atoms with Gasteiger partial charge < -0.3 is 4.98 Å². The number of rotatable bonds is 4. The average molecular weight is 359 g/mol. The molecule has 1 heterocycles. The van der Waals surface area contributed by atoms with Gasteiger partial charge >= 0.3 is 0 Å². The predicted octanol–water partition coefficient (Wildman–Crippen LogP) is 4.72. The van der Waals surface area contributed by atoms with Gasteiger partial charge in [0.15, 0.2) is 0 Å². The summed E-state index contributed by atoms with van der Waals surface area (Å²) >= 11 is 0. The molecule has 2 N–H and O–H groups in total. The molecule has 0 bridgehead atoms. The van der Waals surface area contributed by atoms with Crippen LogP contribution in [-0.2, 0) is 10.2 Å². The third-order valence-corrected chi connectivity index (χ3v) is 5.33. The van der Waals surface area contributed by atoms with E-state index in [2.05, 4.69) is 60.5 Å². The molecular formula is C23H25N3O. The van der Waals surface area contributed by atoms with E-state index < -0.39 is 0 Å². The number of amides is 1. The molecule has 2 atom stereocenters. The Morgan fingerprint density at radius 1 is 1.15 bits per heavy atom. The molecule has 138 valence electrons. The predicted molar refractivity (Wildman–Crippen MR) is 110 cm³/mol. The molecule has 4 nitrogen and oxygen atoms in total. The van der Waals surface area contributed by atoms with E-state index in [9.17, 15) is 4.79 Å². The van der Waals surface area contributed by atoms with E-state index in [0.29, 0.717) is 5.92 Å². The topological polar surface area (TPSA) is 57.2 Å². The summed E-state index contributed by atoms with van der Waals surface area (Å²) in [6.45, 7) is 6.63. The second kappa shape index (κ2) is 6.69. The van der Waals surface area contributed by atoms with E-state index in [4.69, 9.17) is 0 Å². The molecule has 27 heavy (non-hydrogen) atoms. The summed E-state index contributed by atoms with van der Waals surface area (Å²) in [7, 11) is 0. The Morgan fingerprint density at radius 2 is 1.89 bits per heavy atom. The minimum atomic E-state index is -0.00371. The fourth-order valence-electron chi connectivity index (χ4n) is 3.53. The van der Waals surface area contributed by atoms with E-state index in [-0.39, 0.29) is 17.2 Å². The van der Waals surface area contributed by atoms with Crippen molar-refractivity contribution in [2.24, 2.45) is 11.0 Å². The van der Waals surface area contributed by atoms with Gasteiger partial charge in [0, 0.05) is 28.6 Å². The highest BCUT2D eigenvalue weighted by Crippen LogP contribution is 2.47. The summed E-state index contributed by atoms with van der Waals surface area (Å²) in [6.07, 6.45) is 4.49. The number of benzene rings is 2. The van der Waals surface area contributed by atoms with Crippen LogP contribution in [0.25, 0.3) is 10.9 Å². The lowest BCUT2D eigenvalue weighted by Gasteiger charge is -2.19. The fraction of sp³-hybridized carbons (Fsp3) is 0.304. The first-order chi connectivity index (χ1) is 12.9. The summed E-state index contributed by atoms with van der Waals surface area (Å²) < 4.78 is 0. The lowest BCUT2D eigenvalue weighted by atomic mass is 9.86. The van der Waals surface area contributed by atoms with Gasteiger partial charge in [-0.3, -0.25) is 4.79 Å². The first-order valence-electron chi connectivity index (χ1n) is 9.43. The number of aromatic amines is 1. The maximum Gasteiger partial charge on any atom is 0.243 e. The first-order valence-corrected chi connectivity index (χ1v) is 9.43. The molecule has 3 aromatic rings. The molecule has 4 rings (SSSR count). The molecule has 1 aliphatic carbocycles. The highest BCUT2D eigenvalue weighted by molar-refractivity contribution is 5.99. The van der Waals surface area contributed by atoms with Crippen molar-refractivity contribution in [3.8, 4) is 0 Å². The molecule has 1 saturated carbocycles. The van der Waals surface area contributed by atoms with Crippen LogP contribution in [-0.4, -0.2) is 17.1 Å². The van der Waals surface area contributed by atoms with E-state index >= 15 is 0 Å². The van der Waals surface area contributed by atoms with Crippen molar-refractivity contribution in [3.05, 3.63) is 71.4 Å². The molecule has 0 spiro atoms. The van der Waals surface area contributed by atoms with Gasteiger partial charge in [0.05, 0.1) is 6.21 Å². The minimum Gasteiger partial charge on any atom is -0.361 e. The Bertz CT molecular complexity index is 992. The fourth-order valence-corrected chi connectivity index (χ4v) is 3.53. The maximum atomic E-state index is 12.4. The quantitative estimate of drug-likeness (QED) is 0.514. The molecular weight excluding hydrogens is 334 g/mol. The lowest BCUT2D eigenvalue weighted by molar-refractivity contribution is -0.122. The summed E-state index contributed by atoms with van der Waals surface area (Å²) in [5.74, 6) is 0.323. The van der Waals surface area contributed by atoms with Crippen LogP contribution >= 0.6 is 0 Å². The van der Waals surface area contributed by atoms with Gasteiger partial charge in [0.25, 0.3) is 0 Å². The van der Waals surface area contributed by atoms with Crippen LogP contribution in [0.1, 0.15) is 49.8 Å². The van der Waals surface area contributed by atoms with E-state index in [0.717, 1.165) is 22.9 Å². The number of aromatic nitrogens is 1. The van der Waals surface area contributed by atoms with E-state index in [1.807, 2.05) is 30.5 Å². The third kappa shape index (κ3) is 3.65. The van der Waals surface area contributed by atoms with Crippen molar-refractivity contribution in [1.82, 2.24) is 10.4 Å². The molecule has 1 fully saturated rings. The number of H-pyrrole nitrogens is 1. The molecule has 1 aliphatic rings. The molecule has 2 aromatic carbocycles. The third-order valence-electron chi connectivity index (χ3n) is 5.33. The highest BCUT2D eigenvalue weighted by Gasteiger charge is 2.44. The number of carbonyl (C=O) groups is 1. The largest absolute Gasteiger partial charge is 0.361 e. The number of nitrogens with one attached hydrogen (secondary N) is 2. The zero-order chi connectivity index (χ0) is 19.0. The number of carbonyl (C=O) groups excluding carboxylic acids is 1. The smallest absolute Gasteiger partial charge is 0.243 e. The van der Waals surface area contributed by atoms with Crippen LogP contribution in [0.15, 0.2) is 59.8 Å². The monoisotopic (exact) mass is 359 g/mol. The van der Waals surface area contributed by atoms with Gasteiger partial charge in [-0.1, -0.05) is 63.2 Å². The Balaban J connectivity index is 1.36. The first kappa shape index (κ1) is 17.5. The van der Waals surface area contributed by atoms with Gasteiger partial charge in [-0.15, -0.1) is 0 Å². The van der Waals surface area contributed by atoms with Crippen LogP contribution in [0, 0.1) is 5.92 Å². The summed E-state index contributed by atoms with van der Waals surface area (Å²) in [5, 5.41) is 5.25. The van der Waals surface area contributed by atoms with Crippen LogP contribution < -0.4 is 5.43 Å². The number of hydrogen-bond donors (Lipinski definition) is 2. The van der Waals surface area contributed by atoms with Crippen molar-refractivity contribution in [1.29, 1.82) is 0 Å². The number of fused-ring (bicyclic) bond motifs is 1. The van der Waals surface area contributed by atoms with Crippen molar-refractivity contribution in [2.45, 2.75) is 38.5 Å². The van der Waals surface area contributed by atoms with Crippen LogP contribution in [0.5, 0.6) is 0 Å². The molecule has 1 aromatic heterocycles. The number of para-hydroxylation sites is 1. The van der Waals surface area contributed by atoms with Crippen LogP contribution in [0.4, 0.5) is 0 Å². The zero-order valence-corrected chi connectivity index (χ0v) is 16.0. The van der Waals surface area contributed by atoms with Crippen molar-refractivity contribution >= 4 is 23.0 Å². The Kier molecular flexibility index (Phi) is 4.34. The van der Waals surface area contributed by atoms with Crippen molar-refractivity contribution in [3.63, 3.8) is 0 Å². The Morgan fingerprint density at radius 3 is 2.63 bits per heavy atom. The molecule has 0 unspecified atom stereocenters. The second-order valence-corrected chi connectivity index (χ2v) is 8.34. The SMILES string of the molecule is CC(C)(C)c1ccc([C@@H]2C[C@H]2C(=O)N/N=C/c2c[nH]c3ccccc23)cc1. The van der Waals surface area contributed by atoms with E-state index in [1.165, 1.54) is 11.1 Å². The van der Waals surface area contributed by atoms with Crippen molar-refractivity contribution < 1.29 is 4.79 Å². The Hall–Kier alpha value is -2.88. The molecule has 0 saturated heterocycles. The van der Waals surface area contributed by atoms with Crippen LogP contribution in [0.3, 0.4) is 0 Å². The van der Waals surface area contributed by atoms with Gasteiger partial charge in [-0.2, -0.15) is 5.10 Å². The van der Waals surface area contributed by atoms with E-state index in [1.54, 1.807) is 6.21 Å². The van der Waals surface area contributed by atoms with Gasteiger partial charge in [0.1, 0.15) is 0 Å². The maximum absolute atomic E-state index is 12.4. The van der Waals surface area contributed by atoms with Crippen LogP contribution in [0.2, 0.25) is 0 Å². The second-order valence-electron chi connectivity index (χ2n) is 8.34. The normalized spacial score (nSPS) is 19.5. The average Bonchev–Trinajstić information content (AvgIpc) is 3.36. The Labute approximate surface area is 159 Å². The summed E-state index contributed by atoms with van der Waals surface area (Å²) in [6, 6.07) is 16.7. The number of nitrogens with zero attached hydrogens (tertiary/aromatic N) is 1. The zero-order valence-electron chi connectivity index (χ0n) is 16.0. The molecule has 0 aliphatic heterocycles. The highest BCUT2D eigenvalue weighted by atomic mass is 16.2. The minimum absolute atomic E-state index is 0.00371. The summed E-state index contributed by atoms with van der Waals surface area (Å²) in [5.41, 5.74) is 7.43. The van der Waals surface area contributed by atoms with Gasteiger partial charge in [-0.25, -0.2) is 5.43 Å². The molecule has 1 amide bonds. The lowest BCUT2D eigenvalue weighted by Crippen LogP contribution is -2.20. The molecule has 4 heteroatoms.